The number of rotatable bonds is 4. The first kappa shape index (κ1) is 14.7. The molecule has 0 aliphatic carbocycles. The van der Waals surface area contributed by atoms with E-state index < -0.39 is 15.6 Å². The maximum Gasteiger partial charge on any atom is 0.241 e. The second kappa shape index (κ2) is 5.34. The number of sulfonamides is 1. The number of aromatic nitrogens is 1. The minimum atomic E-state index is -3.56. The van der Waals surface area contributed by atoms with Gasteiger partial charge in [0.15, 0.2) is 0 Å². The first-order valence-corrected chi connectivity index (χ1v) is 7.81. The molecule has 20 heavy (non-hydrogen) atoms. The fraction of sp³-hybridized carbons (Fsp3) is 0.267. The molecule has 106 valence electrons. The van der Waals surface area contributed by atoms with Gasteiger partial charge in [-0.25, -0.2) is 13.1 Å². The van der Waals surface area contributed by atoms with Gasteiger partial charge in [0.05, 0.1) is 10.4 Å². The Labute approximate surface area is 119 Å². The highest BCUT2D eigenvalue weighted by Gasteiger charge is 2.27. The molecule has 0 amide bonds. The Morgan fingerprint density at radius 2 is 1.75 bits per heavy atom. The smallest absolute Gasteiger partial charge is 0.241 e. The summed E-state index contributed by atoms with van der Waals surface area (Å²) in [5.74, 6) is 0. The second-order valence-corrected chi connectivity index (χ2v) is 6.97. The molecule has 0 spiro atoms. The van der Waals surface area contributed by atoms with Gasteiger partial charge >= 0.3 is 0 Å². The van der Waals surface area contributed by atoms with Crippen LogP contribution in [0.25, 0.3) is 0 Å². The van der Waals surface area contributed by atoms with Crippen LogP contribution in [0.1, 0.15) is 25.0 Å². The molecule has 0 saturated heterocycles. The number of hydrogen-bond acceptors (Lipinski definition) is 3. The standard InChI is InChI=1S/C15H18N2O2S/c1-12-6-8-14(9-7-12)20(18,19)17-15(2,3)13-5-4-10-16-11-13/h4-11,17H,1-3H3. The maximum atomic E-state index is 12.4. The van der Waals surface area contributed by atoms with E-state index in [1.807, 2.05) is 26.8 Å². The van der Waals surface area contributed by atoms with Crippen LogP contribution in [0, 0.1) is 6.92 Å². The van der Waals surface area contributed by atoms with E-state index in [1.54, 1.807) is 42.7 Å². The summed E-state index contributed by atoms with van der Waals surface area (Å²) in [6.45, 7) is 5.55. The van der Waals surface area contributed by atoms with Gasteiger partial charge in [0.25, 0.3) is 0 Å². The number of hydrogen-bond donors (Lipinski definition) is 1. The van der Waals surface area contributed by atoms with Crippen LogP contribution >= 0.6 is 0 Å². The zero-order valence-electron chi connectivity index (χ0n) is 11.8. The predicted octanol–water partition coefficient (Wildman–Crippen LogP) is 2.60. The summed E-state index contributed by atoms with van der Waals surface area (Å²) >= 11 is 0. The van der Waals surface area contributed by atoms with Crippen LogP contribution in [0.15, 0.2) is 53.7 Å². The maximum absolute atomic E-state index is 12.4. The van der Waals surface area contributed by atoms with Gasteiger partial charge in [0, 0.05) is 12.4 Å². The van der Waals surface area contributed by atoms with Crippen molar-refractivity contribution < 1.29 is 8.42 Å². The zero-order chi connectivity index (χ0) is 14.8. The van der Waals surface area contributed by atoms with Crippen LogP contribution < -0.4 is 4.72 Å². The van der Waals surface area contributed by atoms with E-state index in [0.717, 1.165) is 11.1 Å². The van der Waals surface area contributed by atoms with Gasteiger partial charge < -0.3 is 0 Å². The summed E-state index contributed by atoms with van der Waals surface area (Å²) in [5, 5.41) is 0. The molecular weight excluding hydrogens is 272 g/mol. The van der Waals surface area contributed by atoms with Gasteiger partial charge in [0.2, 0.25) is 10.0 Å². The largest absolute Gasteiger partial charge is 0.264 e. The van der Waals surface area contributed by atoms with E-state index in [0.29, 0.717) is 0 Å². The van der Waals surface area contributed by atoms with Crippen molar-refractivity contribution in [3.63, 3.8) is 0 Å². The quantitative estimate of drug-likeness (QED) is 0.941. The molecule has 0 aliphatic heterocycles. The number of aryl methyl sites for hydroxylation is 1. The summed E-state index contributed by atoms with van der Waals surface area (Å²) in [5.41, 5.74) is 1.11. The van der Waals surface area contributed by atoms with E-state index in [4.69, 9.17) is 0 Å². The average Bonchev–Trinajstić information content (AvgIpc) is 2.39. The zero-order valence-corrected chi connectivity index (χ0v) is 12.6. The fourth-order valence-electron chi connectivity index (χ4n) is 1.90. The summed E-state index contributed by atoms with van der Waals surface area (Å²) in [7, 11) is -3.56. The number of nitrogens with zero attached hydrogens (tertiary/aromatic N) is 1. The normalized spacial score (nSPS) is 12.3. The molecule has 0 unspecified atom stereocenters. The number of nitrogens with one attached hydrogen (secondary N) is 1. The van der Waals surface area contributed by atoms with E-state index >= 15 is 0 Å². The lowest BCUT2D eigenvalue weighted by molar-refractivity contribution is 0.470. The first-order chi connectivity index (χ1) is 9.31. The predicted molar refractivity (Wildman–Crippen MR) is 78.8 cm³/mol. The lowest BCUT2D eigenvalue weighted by atomic mass is 9.98. The third kappa shape index (κ3) is 3.23. The third-order valence-corrected chi connectivity index (χ3v) is 4.78. The molecule has 1 aromatic carbocycles. The van der Waals surface area contributed by atoms with Gasteiger partial charge in [-0.05, 0) is 44.5 Å². The number of benzene rings is 1. The van der Waals surface area contributed by atoms with Gasteiger partial charge in [-0.2, -0.15) is 0 Å². The molecule has 0 bridgehead atoms. The summed E-state index contributed by atoms with van der Waals surface area (Å²) in [6, 6.07) is 10.4. The lowest BCUT2D eigenvalue weighted by Gasteiger charge is -2.26. The molecular formula is C15H18N2O2S. The topological polar surface area (TPSA) is 59.1 Å². The van der Waals surface area contributed by atoms with Crippen LogP contribution in [-0.4, -0.2) is 13.4 Å². The molecule has 1 N–H and O–H groups in total. The molecule has 5 heteroatoms. The van der Waals surface area contributed by atoms with Gasteiger partial charge in [-0.3, -0.25) is 4.98 Å². The molecule has 1 heterocycles. The Morgan fingerprint density at radius 3 is 2.30 bits per heavy atom. The van der Waals surface area contributed by atoms with Crippen molar-refractivity contribution in [2.24, 2.45) is 0 Å². The molecule has 0 aliphatic rings. The van der Waals surface area contributed by atoms with E-state index in [1.165, 1.54) is 0 Å². The molecule has 2 aromatic rings. The van der Waals surface area contributed by atoms with Crippen molar-refractivity contribution in [1.29, 1.82) is 0 Å². The highest BCUT2D eigenvalue weighted by atomic mass is 32.2. The molecule has 2 rings (SSSR count). The Hall–Kier alpha value is -1.72. The van der Waals surface area contributed by atoms with Gasteiger partial charge in [0.1, 0.15) is 0 Å². The summed E-state index contributed by atoms with van der Waals surface area (Å²) < 4.78 is 27.5. The highest BCUT2D eigenvalue weighted by Crippen LogP contribution is 2.22. The third-order valence-electron chi connectivity index (χ3n) is 3.10. The summed E-state index contributed by atoms with van der Waals surface area (Å²) in [4.78, 5) is 4.29. The molecule has 0 radical (unpaired) electrons. The van der Waals surface area contributed by atoms with Crippen LogP contribution in [0.5, 0.6) is 0 Å². The van der Waals surface area contributed by atoms with Crippen molar-refractivity contribution in [1.82, 2.24) is 9.71 Å². The van der Waals surface area contributed by atoms with Crippen molar-refractivity contribution in [2.45, 2.75) is 31.2 Å². The van der Waals surface area contributed by atoms with Crippen molar-refractivity contribution in [2.75, 3.05) is 0 Å². The monoisotopic (exact) mass is 290 g/mol. The minimum Gasteiger partial charge on any atom is -0.264 e. The van der Waals surface area contributed by atoms with Crippen LogP contribution in [0.4, 0.5) is 0 Å². The molecule has 0 fully saturated rings. The Morgan fingerprint density at radius 1 is 1.10 bits per heavy atom. The minimum absolute atomic E-state index is 0.264. The highest BCUT2D eigenvalue weighted by molar-refractivity contribution is 7.89. The number of pyridine rings is 1. The van der Waals surface area contributed by atoms with Gasteiger partial charge in [-0.1, -0.05) is 23.8 Å². The van der Waals surface area contributed by atoms with Crippen LogP contribution in [0.3, 0.4) is 0 Å². The van der Waals surface area contributed by atoms with E-state index in [9.17, 15) is 8.42 Å². The average molecular weight is 290 g/mol. The molecule has 4 nitrogen and oxygen atoms in total. The molecule has 1 aromatic heterocycles. The van der Waals surface area contributed by atoms with Gasteiger partial charge in [-0.15, -0.1) is 0 Å². The lowest BCUT2D eigenvalue weighted by Crippen LogP contribution is -2.40. The SMILES string of the molecule is Cc1ccc(S(=O)(=O)NC(C)(C)c2cccnc2)cc1. The Bertz CT molecular complexity index is 678. The van der Waals surface area contributed by atoms with E-state index in [2.05, 4.69) is 9.71 Å². The fourth-order valence-corrected chi connectivity index (χ4v) is 3.31. The van der Waals surface area contributed by atoms with Crippen molar-refractivity contribution in [3.05, 3.63) is 59.9 Å². The summed E-state index contributed by atoms with van der Waals surface area (Å²) in [6.07, 6.45) is 3.33. The molecule has 0 atom stereocenters. The Kier molecular flexibility index (Phi) is 3.92. The molecule has 0 saturated carbocycles. The van der Waals surface area contributed by atoms with E-state index in [-0.39, 0.29) is 4.90 Å². The van der Waals surface area contributed by atoms with Crippen molar-refractivity contribution >= 4 is 10.0 Å². The Balaban J connectivity index is 2.30. The van der Waals surface area contributed by atoms with Crippen molar-refractivity contribution in [3.8, 4) is 0 Å². The first-order valence-electron chi connectivity index (χ1n) is 6.32. The van der Waals surface area contributed by atoms with Crippen LogP contribution in [-0.2, 0) is 15.6 Å². The second-order valence-electron chi connectivity index (χ2n) is 5.29. The van der Waals surface area contributed by atoms with Crippen LogP contribution in [0.2, 0.25) is 0 Å².